The van der Waals surface area contributed by atoms with Gasteiger partial charge in [0.05, 0.1) is 23.6 Å². The maximum atomic E-state index is 13.7. The van der Waals surface area contributed by atoms with Crippen LogP contribution in [0.15, 0.2) is 42.7 Å². The summed E-state index contributed by atoms with van der Waals surface area (Å²) in [5, 5.41) is 6.11. The highest BCUT2D eigenvalue weighted by Gasteiger charge is 2.26. The summed E-state index contributed by atoms with van der Waals surface area (Å²) in [6.07, 6.45) is 2.34. The van der Waals surface area contributed by atoms with E-state index in [-0.39, 0.29) is 11.9 Å². The molecule has 7 heteroatoms. The van der Waals surface area contributed by atoms with E-state index in [1.165, 1.54) is 12.1 Å². The molecule has 4 rings (SSSR count). The molecule has 23 heavy (non-hydrogen) atoms. The summed E-state index contributed by atoms with van der Waals surface area (Å²) < 4.78 is 28.7. The summed E-state index contributed by atoms with van der Waals surface area (Å²) in [7, 11) is 0. The van der Waals surface area contributed by atoms with E-state index in [1.807, 2.05) is 12.1 Å². The van der Waals surface area contributed by atoms with Crippen LogP contribution in [-0.4, -0.2) is 39.7 Å². The van der Waals surface area contributed by atoms with Crippen LogP contribution in [0.4, 0.5) is 14.6 Å². The van der Waals surface area contributed by atoms with Crippen molar-refractivity contribution < 1.29 is 8.78 Å². The summed E-state index contributed by atoms with van der Waals surface area (Å²) in [5.41, 5.74) is 1.96. The molecule has 1 saturated heterocycles. The standard InChI is InChI=1S/C16H15F2N5/c17-10-4-5-23-14(9-20-16(23)6-10)12-2-1-3-15(21-12)22-13-8-19-7-11(13)18/h1-6,9,11,13,19H,7-8H2,(H,21,22)/t11-,13-/m0/s1. The molecule has 4 heterocycles. The fraction of sp³-hybridized carbons (Fsp3) is 0.250. The molecule has 3 aromatic heterocycles. The van der Waals surface area contributed by atoms with E-state index >= 15 is 0 Å². The minimum atomic E-state index is -0.931. The van der Waals surface area contributed by atoms with E-state index in [1.54, 1.807) is 22.9 Å². The molecule has 0 aromatic carbocycles. The highest BCUT2D eigenvalue weighted by molar-refractivity contribution is 5.62. The van der Waals surface area contributed by atoms with Crippen LogP contribution in [0, 0.1) is 5.82 Å². The molecule has 0 amide bonds. The average Bonchev–Trinajstić information content (AvgIpc) is 3.14. The van der Waals surface area contributed by atoms with Gasteiger partial charge in [0.2, 0.25) is 0 Å². The predicted molar refractivity (Wildman–Crippen MR) is 83.6 cm³/mol. The van der Waals surface area contributed by atoms with E-state index in [2.05, 4.69) is 20.6 Å². The molecule has 0 spiro atoms. The van der Waals surface area contributed by atoms with Crippen molar-refractivity contribution in [1.29, 1.82) is 0 Å². The second-order valence-electron chi connectivity index (χ2n) is 5.55. The topological polar surface area (TPSA) is 54.2 Å². The molecule has 3 aromatic rings. The zero-order valence-corrected chi connectivity index (χ0v) is 12.2. The number of imidazole rings is 1. The van der Waals surface area contributed by atoms with Gasteiger partial charge in [-0.3, -0.25) is 4.40 Å². The van der Waals surface area contributed by atoms with Crippen molar-refractivity contribution in [2.75, 3.05) is 18.4 Å². The molecule has 0 saturated carbocycles. The lowest BCUT2D eigenvalue weighted by Gasteiger charge is -2.15. The summed E-state index contributed by atoms with van der Waals surface area (Å²) in [5.74, 6) is 0.275. The van der Waals surface area contributed by atoms with Gasteiger partial charge >= 0.3 is 0 Å². The maximum absolute atomic E-state index is 13.7. The monoisotopic (exact) mass is 315 g/mol. The molecule has 1 fully saturated rings. The Bertz CT molecular complexity index is 847. The number of halogens is 2. The van der Waals surface area contributed by atoms with E-state index in [4.69, 9.17) is 0 Å². The number of nitrogens with zero attached hydrogens (tertiary/aromatic N) is 3. The minimum absolute atomic E-state index is 0.283. The van der Waals surface area contributed by atoms with Crippen molar-refractivity contribution >= 4 is 11.5 Å². The van der Waals surface area contributed by atoms with Crippen LogP contribution in [-0.2, 0) is 0 Å². The number of anilines is 1. The van der Waals surface area contributed by atoms with Crippen molar-refractivity contribution in [2.24, 2.45) is 0 Å². The molecule has 2 N–H and O–H groups in total. The van der Waals surface area contributed by atoms with Crippen LogP contribution < -0.4 is 10.6 Å². The fourth-order valence-corrected chi connectivity index (χ4v) is 2.78. The van der Waals surface area contributed by atoms with E-state index in [0.29, 0.717) is 30.2 Å². The van der Waals surface area contributed by atoms with E-state index in [0.717, 1.165) is 5.69 Å². The van der Waals surface area contributed by atoms with Crippen molar-refractivity contribution in [3.8, 4) is 11.4 Å². The zero-order chi connectivity index (χ0) is 15.8. The van der Waals surface area contributed by atoms with Crippen LogP contribution >= 0.6 is 0 Å². The predicted octanol–water partition coefficient (Wildman–Crippen LogP) is 2.26. The number of aromatic nitrogens is 3. The Morgan fingerprint density at radius 1 is 1.26 bits per heavy atom. The van der Waals surface area contributed by atoms with Gasteiger partial charge in [-0.1, -0.05) is 6.07 Å². The number of rotatable bonds is 3. The molecule has 1 aliphatic heterocycles. The largest absolute Gasteiger partial charge is 0.363 e. The minimum Gasteiger partial charge on any atom is -0.363 e. The molecule has 5 nitrogen and oxygen atoms in total. The van der Waals surface area contributed by atoms with Crippen molar-refractivity contribution in [2.45, 2.75) is 12.2 Å². The van der Waals surface area contributed by atoms with E-state index < -0.39 is 6.17 Å². The Labute approximate surface area is 131 Å². The van der Waals surface area contributed by atoms with Gasteiger partial charge in [0.1, 0.15) is 23.5 Å². The highest BCUT2D eigenvalue weighted by atomic mass is 19.1. The Morgan fingerprint density at radius 3 is 3.00 bits per heavy atom. The third kappa shape index (κ3) is 2.63. The Kier molecular flexibility index (Phi) is 3.42. The maximum Gasteiger partial charge on any atom is 0.140 e. The number of alkyl halides is 1. The lowest BCUT2D eigenvalue weighted by Crippen LogP contribution is -2.29. The van der Waals surface area contributed by atoms with Crippen LogP contribution in [0.3, 0.4) is 0 Å². The summed E-state index contributed by atoms with van der Waals surface area (Å²) >= 11 is 0. The second-order valence-corrected chi connectivity index (χ2v) is 5.55. The van der Waals surface area contributed by atoms with Gasteiger partial charge in [-0.2, -0.15) is 0 Å². The summed E-state index contributed by atoms with van der Waals surface area (Å²) in [6, 6.07) is 7.95. The molecule has 1 aliphatic rings. The molecule has 0 radical (unpaired) electrons. The van der Waals surface area contributed by atoms with Crippen LogP contribution in [0.1, 0.15) is 0 Å². The number of nitrogens with one attached hydrogen (secondary N) is 2. The first kappa shape index (κ1) is 14.1. The van der Waals surface area contributed by atoms with Crippen molar-refractivity contribution in [3.05, 3.63) is 48.5 Å². The smallest absolute Gasteiger partial charge is 0.140 e. The Balaban J connectivity index is 1.67. The average molecular weight is 315 g/mol. The Hall–Kier alpha value is -2.54. The van der Waals surface area contributed by atoms with Gasteiger partial charge < -0.3 is 10.6 Å². The number of hydrogen-bond acceptors (Lipinski definition) is 4. The molecular formula is C16H15F2N5. The normalized spacial score (nSPS) is 21.0. The fourth-order valence-electron chi connectivity index (χ4n) is 2.78. The molecule has 0 bridgehead atoms. The van der Waals surface area contributed by atoms with Crippen LogP contribution in [0.5, 0.6) is 0 Å². The number of fused-ring (bicyclic) bond motifs is 1. The number of hydrogen-bond donors (Lipinski definition) is 2. The van der Waals surface area contributed by atoms with Gasteiger partial charge in [-0.05, 0) is 18.2 Å². The quantitative estimate of drug-likeness (QED) is 0.778. The second kappa shape index (κ2) is 5.58. The Morgan fingerprint density at radius 2 is 2.17 bits per heavy atom. The molecule has 0 aliphatic carbocycles. The van der Waals surface area contributed by atoms with Crippen molar-refractivity contribution in [1.82, 2.24) is 19.7 Å². The van der Waals surface area contributed by atoms with Gasteiger partial charge in [0, 0.05) is 25.4 Å². The highest BCUT2D eigenvalue weighted by Crippen LogP contribution is 2.21. The van der Waals surface area contributed by atoms with Gasteiger partial charge in [-0.25, -0.2) is 18.7 Å². The molecule has 0 unspecified atom stereocenters. The van der Waals surface area contributed by atoms with Gasteiger partial charge in [-0.15, -0.1) is 0 Å². The third-order valence-corrected chi connectivity index (χ3v) is 3.96. The molecular weight excluding hydrogens is 300 g/mol. The molecule has 2 atom stereocenters. The lowest BCUT2D eigenvalue weighted by molar-refractivity contribution is 0.342. The number of pyridine rings is 2. The van der Waals surface area contributed by atoms with Crippen molar-refractivity contribution in [3.63, 3.8) is 0 Å². The third-order valence-electron chi connectivity index (χ3n) is 3.96. The first-order chi connectivity index (χ1) is 11.2. The zero-order valence-electron chi connectivity index (χ0n) is 12.2. The molecule has 118 valence electrons. The van der Waals surface area contributed by atoms with E-state index in [9.17, 15) is 8.78 Å². The SMILES string of the molecule is Fc1ccn2c(-c3cccc(N[C@H]4CNC[C@@H]4F)n3)cnc2c1. The first-order valence-electron chi connectivity index (χ1n) is 7.42. The van der Waals surface area contributed by atoms with Crippen LogP contribution in [0.2, 0.25) is 0 Å². The summed E-state index contributed by atoms with van der Waals surface area (Å²) in [4.78, 5) is 8.72. The van der Waals surface area contributed by atoms with Gasteiger partial charge in [0.15, 0.2) is 0 Å². The summed E-state index contributed by atoms with van der Waals surface area (Å²) in [6.45, 7) is 0.929. The van der Waals surface area contributed by atoms with Crippen LogP contribution in [0.25, 0.3) is 17.0 Å². The lowest BCUT2D eigenvalue weighted by atomic mass is 10.2. The first-order valence-corrected chi connectivity index (χ1v) is 7.42. The van der Waals surface area contributed by atoms with Gasteiger partial charge in [0.25, 0.3) is 0 Å².